The van der Waals surface area contributed by atoms with E-state index in [1.54, 1.807) is 13.2 Å². The first-order valence-corrected chi connectivity index (χ1v) is 7.23. The van der Waals surface area contributed by atoms with Crippen molar-refractivity contribution in [3.63, 3.8) is 0 Å². The molecule has 0 saturated carbocycles. The van der Waals surface area contributed by atoms with Gasteiger partial charge in [0.2, 0.25) is 0 Å². The molecule has 0 spiro atoms. The van der Waals surface area contributed by atoms with Gasteiger partial charge in [-0.05, 0) is 30.7 Å². The summed E-state index contributed by atoms with van der Waals surface area (Å²) in [4.78, 5) is 11.9. The lowest BCUT2D eigenvalue weighted by Crippen LogP contribution is -2.09. The maximum atomic E-state index is 11.9. The van der Waals surface area contributed by atoms with Gasteiger partial charge in [-0.3, -0.25) is 4.79 Å². The van der Waals surface area contributed by atoms with Gasteiger partial charge in [0.25, 0.3) is 5.56 Å². The van der Waals surface area contributed by atoms with Crippen molar-refractivity contribution in [3.8, 4) is 17.0 Å². The summed E-state index contributed by atoms with van der Waals surface area (Å²) in [6, 6.07) is 11.3. The fourth-order valence-corrected chi connectivity index (χ4v) is 2.67. The zero-order valence-electron chi connectivity index (χ0n) is 11.6. The smallest absolute Gasteiger partial charge is 0.272 e. The molecule has 5 heteroatoms. The summed E-state index contributed by atoms with van der Waals surface area (Å²) in [7, 11) is 1.63. The highest BCUT2D eigenvalue weighted by Gasteiger charge is 2.14. The molecule has 4 nitrogen and oxygen atoms in total. The molecule has 1 aromatic heterocycles. The summed E-state index contributed by atoms with van der Waals surface area (Å²) in [6.45, 7) is 1.99. The van der Waals surface area contributed by atoms with Gasteiger partial charge in [0.15, 0.2) is 0 Å². The highest BCUT2D eigenvalue weighted by atomic mass is 79.9. The van der Waals surface area contributed by atoms with Crippen molar-refractivity contribution in [3.05, 3.63) is 56.8 Å². The second kappa shape index (κ2) is 5.33. The summed E-state index contributed by atoms with van der Waals surface area (Å²) in [5, 5.41) is 8.18. The highest BCUT2D eigenvalue weighted by Crippen LogP contribution is 2.36. The number of rotatable bonds is 2. The number of aromatic amines is 1. The van der Waals surface area contributed by atoms with Crippen LogP contribution in [0.25, 0.3) is 22.0 Å². The second-order valence-corrected chi connectivity index (χ2v) is 5.60. The van der Waals surface area contributed by atoms with Crippen LogP contribution in [0.1, 0.15) is 5.56 Å². The predicted octanol–water partition coefficient (Wildman–Crippen LogP) is 3.67. The van der Waals surface area contributed by atoms with Gasteiger partial charge in [0.1, 0.15) is 11.4 Å². The van der Waals surface area contributed by atoms with Gasteiger partial charge < -0.3 is 4.74 Å². The van der Waals surface area contributed by atoms with Crippen molar-refractivity contribution in [1.82, 2.24) is 10.2 Å². The molecule has 106 valence electrons. The number of nitrogens with one attached hydrogen (secondary N) is 1. The number of aromatic nitrogens is 2. The van der Waals surface area contributed by atoms with Gasteiger partial charge >= 0.3 is 0 Å². The average molecular weight is 345 g/mol. The molecule has 0 aliphatic rings. The van der Waals surface area contributed by atoms with Crippen LogP contribution in [0.4, 0.5) is 0 Å². The molecule has 0 radical (unpaired) electrons. The maximum Gasteiger partial charge on any atom is 0.272 e. The monoisotopic (exact) mass is 344 g/mol. The normalized spacial score (nSPS) is 10.8. The van der Waals surface area contributed by atoms with E-state index in [0.29, 0.717) is 11.1 Å². The third kappa shape index (κ3) is 2.34. The van der Waals surface area contributed by atoms with Gasteiger partial charge in [-0.1, -0.05) is 34.1 Å². The fourth-order valence-electron chi connectivity index (χ4n) is 2.33. The molecule has 0 fully saturated rings. The Bertz CT molecular complexity index is 887. The molecule has 1 N–H and O–H groups in total. The molecule has 21 heavy (non-hydrogen) atoms. The zero-order chi connectivity index (χ0) is 15.0. The maximum absolute atomic E-state index is 11.9. The van der Waals surface area contributed by atoms with Gasteiger partial charge in [-0.15, -0.1) is 0 Å². The third-order valence-corrected chi connectivity index (χ3v) is 4.29. The molecule has 0 aliphatic heterocycles. The largest absolute Gasteiger partial charge is 0.496 e. The van der Waals surface area contributed by atoms with Crippen molar-refractivity contribution in [2.24, 2.45) is 0 Å². The standard InChI is InChI=1S/C16H13BrN2O2/c1-9-7-14(21-2)12(8-13(9)17)15-10-5-3-4-6-11(10)16(20)19-18-15/h3-8H,1-2H3,(H,19,20). The Kier molecular flexibility index (Phi) is 3.51. The second-order valence-electron chi connectivity index (χ2n) is 4.75. The lowest BCUT2D eigenvalue weighted by molar-refractivity contribution is 0.416. The zero-order valence-corrected chi connectivity index (χ0v) is 13.2. The summed E-state index contributed by atoms with van der Waals surface area (Å²) in [5.74, 6) is 0.723. The van der Waals surface area contributed by atoms with Gasteiger partial charge in [0.05, 0.1) is 12.5 Å². The number of methoxy groups -OCH3 is 1. The Morgan fingerprint density at radius 1 is 1.19 bits per heavy atom. The third-order valence-electron chi connectivity index (χ3n) is 3.43. The van der Waals surface area contributed by atoms with Crippen molar-refractivity contribution >= 4 is 26.7 Å². The molecule has 1 heterocycles. The van der Waals surface area contributed by atoms with Crippen LogP contribution >= 0.6 is 15.9 Å². The Labute approximate surface area is 129 Å². The van der Waals surface area contributed by atoms with Crippen molar-refractivity contribution in [2.75, 3.05) is 7.11 Å². The average Bonchev–Trinajstić information content (AvgIpc) is 2.50. The minimum Gasteiger partial charge on any atom is -0.496 e. The van der Waals surface area contributed by atoms with E-state index in [9.17, 15) is 4.79 Å². The molecule has 0 unspecified atom stereocenters. The first kappa shape index (κ1) is 13.8. The highest BCUT2D eigenvalue weighted by molar-refractivity contribution is 9.10. The molecule has 0 bridgehead atoms. The number of hydrogen-bond acceptors (Lipinski definition) is 3. The van der Waals surface area contributed by atoms with E-state index < -0.39 is 0 Å². The lowest BCUT2D eigenvalue weighted by Gasteiger charge is -2.12. The molecule has 2 aromatic carbocycles. The number of H-pyrrole nitrogens is 1. The summed E-state index contributed by atoms with van der Waals surface area (Å²) >= 11 is 3.53. The number of benzene rings is 2. The number of aryl methyl sites for hydroxylation is 1. The van der Waals surface area contributed by atoms with Crippen LogP contribution in [-0.2, 0) is 0 Å². The first-order valence-electron chi connectivity index (χ1n) is 6.43. The summed E-state index contributed by atoms with van der Waals surface area (Å²) in [5.41, 5.74) is 2.41. The van der Waals surface area contributed by atoms with E-state index >= 15 is 0 Å². The van der Waals surface area contributed by atoms with E-state index in [4.69, 9.17) is 4.74 Å². The molecular weight excluding hydrogens is 332 g/mol. The molecule has 3 aromatic rings. The Morgan fingerprint density at radius 2 is 1.90 bits per heavy atom. The van der Waals surface area contributed by atoms with Crippen LogP contribution in [0.2, 0.25) is 0 Å². The molecule has 0 atom stereocenters. The molecule has 0 amide bonds. The van der Waals surface area contributed by atoms with Gasteiger partial charge in [0, 0.05) is 15.4 Å². The van der Waals surface area contributed by atoms with Crippen molar-refractivity contribution < 1.29 is 4.74 Å². The van der Waals surface area contributed by atoms with E-state index in [0.717, 1.165) is 26.7 Å². The van der Waals surface area contributed by atoms with Crippen molar-refractivity contribution in [1.29, 1.82) is 0 Å². The molecule has 3 rings (SSSR count). The number of hydrogen-bond donors (Lipinski definition) is 1. The first-order chi connectivity index (χ1) is 10.1. The van der Waals surface area contributed by atoms with Crippen LogP contribution in [0, 0.1) is 6.92 Å². The Morgan fingerprint density at radius 3 is 2.62 bits per heavy atom. The van der Waals surface area contributed by atoms with Crippen LogP contribution in [0.15, 0.2) is 45.7 Å². The Balaban J connectivity index is 2.39. The summed E-state index contributed by atoms with van der Waals surface area (Å²) < 4.78 is 6.43. The van der Waals surface area contributed by atoms with Gasteiger partial charge in [-0.25, -0.2) is 5.10 Å². The SMILES string of the molecule is COc1cc(C)c(Br)cc1-c1n[nH]c(=O)c2ccccc12. The number of nitrogens with zero attached hydrogens (tertiary/aromatic N) is 1. The predicted molar refractivity (Wildman–Crippen MR) is 86.8 cm³/mol. The van der Waals surface area contributed by atoms with Crippen molar-refractivity contribution in [2.45, 2.75) is 6.92 Å². The van der Waals surface area contributed by atoms with Gasteiger partial charge in [-0.2, -0.15) is 5.10 Å². The quantitative estimate of drug-likeness (QED) is 0.771. The van der Waals surface area contributed by atoms with Crippen LogP contribution in [-0.4, -0.2) is 17.3 Å². The lowest BCUT2D eigenvalue weighted by atomic mass is 10.0. The fraction of sp³-hybridized carbons (Fsp3) is 0.125. The Hall–Kier alpha value is -2.14. The number of ether oxygens (including phenoxy) is 1. The number of halogens is 1. The minimum absolute atomic E-state index is 0.195. The molecular formula is C16H13BrN2O2. The minimum atomic E-state index is -0.195. The van der Waals surface area contributed by atoms with E-state index in [1.807, 2.05) is 37.3 Å². The summed E-state index contributed by atoms with van der Waals surface area (Å²) in [6.07, 6.45) is 0. The topological polar surface area (TPSA) is 55.0 Å². The number of fused-ring (bicyclic) bond motifs is 1. The van der Waals surface area contributed by atoms with E-state index in [2.05, 4.69) is 26.1 Å². The van der Waals surface area contributed by atoms with E-state index in [1.165, 1.54) is 0 Å². The van der Waals surface area contributed by atoms with E-state index in [-0.39, 0.29) is 5.56 Å². The molecule has 0 aliphatic carbocycles. The van der Waals surface area contributed by atoms with Crippen LogP contribution in [0.5, 0.6) is 5.75 Å². The van der Waals surface area contributed by atoms with Crippen LogP contribution < -0.4 is 10.3 Å². The van der Waals surface area contributed by atoms with Crippen LogP contribution in [0.3, 0.4) is 0 Å². The molecule has 0 saturated heterocycles.